The van der Waals surface area contributed by atoms with Gasteiger partial charge in [-0.15, -0.1) is 11.6 Å². The van der Waals surface area contributed by atoms with Crippen LogP contribution in [0.3, 0.4) is 0 Å². The molecule has 0 aliphatic carbocycles. The standard InChI is InChI=1S/C15H10Cl3FN2/c1-8(16)15-20-11-7-9(17)5-6-12(11)21(15)13-4-2-3-10(18)14(13)19/h2-8H,1H3. The highest BCUT2D eigenvalue weighted by Crippen LogP contribution is 2.32. The largest absolute Gasteiger partial charge is 0.292 e. The quantitative estimate of drug-likeness (QED) is 0.540. The SMILES string of the molecule is CC(Cl)c1nc2cc(Cl)ccc2n1-c1cccc(Cl)c1F. The first-order valence-corrected chi connectivity index (χ1v) is 7.44. The van der Waals surface area contributed by atoms with Crippen LogP contribution in [-0.4, -0.2) is 9.55 Å². The fraction of sp³-hybridized carbons (Fsp3) is 0.133. The molecule has 0 radical (unpaired) electrons. The minimum Gasteiger partial charge on any atom is -0.292 e. The number of fused-ring (bicyclic) bond motifs is 1. The van der Waals surface area contributed by atoms with Gasteiger partial charge in [-0.3, -0.25) is 4.57 Å². The Morgan fingerprint density at radius 3 is 2.67 bits per heavy atom. The van der Waals surface area contributed by atoms with Gasteiger partial charge in [0.25, 0.3) is 0 Å². The molecule has 0 aliphatic heterocycles. The number of hydrogen-bond acceptors (Lipinski definition) is 1. The summed E-state index contributed by atoms with van der Waals surface area (Å²) >= 11 is 18.1. The predicted octanol–water partition coefficient (Wildman–Crippen LogP) is 5.77. The van der Waals surface area contributed by atoms with Crippen LogP contribution in [0.4, 0.5) is 4.39 Å². The summed E-state index contributed by atoms with van der Waals surface area (Å²) in [7, 11) is 0. The number of benzene rings is 2. The molecular weight excluding hydrogens is 334 g/mol. The summed E-state index contributed by atoms with van der Waals surface area (Å²) in [5.41, 5.74) is 1.70. The number of halogens is 4. The molecule has 2 aromatic carbocycles. The number of imidazole rings is 1. The number of aromatic nitrogens is 2. The van der Waals surface area contributed by atoms with Gasteiger partial charge in [-0.2, -0.15) is 0 Å². The van der Waals surface area contributed by atoms with Crippen molar-refractivity contribution in [3.63, 3.8) is 0 Å². The van der Waals surface area contributed by atoms with Gasteiger partial charge in [0.15, 0.2) is 5.82 Å². The van der Waals surface area contributed by atoms with Gasteiger partial charge in [0.05, 0.1) is 27.1 Å². The minimum absolute atomic E-state index is 0.0523. The van der Waals surface area contributed by atoms with E-state index >= 15 is 0 Å². The van der Waals surface area contributed by atoms with Crippen molar-refractivity contribution in [3.05, 3.63) is 58.1 Å². The summed E-state index contributed by atoms with van der Waals surface area (Å²) in [6, 6.07) is 10.1. The molecule has 1 heterocycles. The van der Waals surface area contributed by atoms with E-state index in [2.05, 4.69) is 4.98 Å². The van der Waals surface area contributed by atoms with Gasteiger partial charge in [-0.05, 0) is 37.3 Å². The van der Waals surface area contributed by atoms with Gasteiger partial charge in [-0.25, -0.2) is 9.37 Å². The van der Waals surface area contributed by atoms with E-state index in [1.54, 1.807) is 41.8 Å². The van der Waals surface area contributed by atoms with Crippen molar-refractivity contribution < 1.29 is 4.39 Å². The molecule has 0 saturated carbocycles. The van der Waals surface area contributed by atoms with Crippen LogP contribution in [0, 0.1) is 5.82 Å². The highest BCUT2D eigenvalue weighted by molar-refractivity contribution is 6.31. The molecule has 6 heteroatoms. The lowest BCUT2D eigenvalue weighted by molar-refractivity contribution is 0.617. The molecule has 1 unspecified atom stereocenters. The van der Waals surface area contributed by atoms with Crippen LogP contribution in [-0.2, 0) is 0 Å². The fourth-order valence-corrected chi connectivity index (χ4v) is 2.74. The lowest BCUT2D eigenvalue weighted by Gasteiger charge is -2.12. The monoisotopic (exact) mass is 342 g/mol. The van der Waals surface area contributed by atoms with Crippen LogP contribution >= 0.6 is 34.8 Å². The van der Waals surface area contributed by atoms with E-state index in [0.29, 0.717) is 22.1 Å². The molecule has 0 fully saturated rings. The third kappa shape index (κ3) is 2.50. The first kappa shape index (κ1) is 14.6. The lowest BCUT2D eigenvalue weighted by Crippen LogP contribution is -2.04. The zero-order valence-electron chi connectivity index (χ0n) is 10.9. The van der Waals surface area contributed by atoms with Crippen LogP contribution in [0.5, 0.6) is 0 Å². The summed E-state index contributed by atoms with van der Waals surface area (Å²) < 4.78 is 16.0. The first-order valence-electron chi connectivity index (χ1n) is 6.25. The zero-order valence-corrected chi connectivity index (χ0v) is 13.2. The Morgan fingerprint density at radius 2 is 1.95 bits per heavy atom. The maximum atomic E-state index is 14.4. The van der Waals surface area contributed by atoms with Crippen LogP contribution < -0.4 is 0 Å². The molecule has 0 amide bonds. The third-order valence-electron chi connectivity index (χ3n) is 3.17. The van der Waals surface area contributed by atoms with Crippen molar-refractivity contribution >= 4 is 45.8 Å². The molecule has 2 nitrogen and oxygen atoms in total. The average Bonchev–Trinajstić information content (AvgIpc) is 2.80. The van der Waals surface area contributed by atoms with E-state index in [-0.39, 0.29) is 5.02 Å². The van der Waals surface area contributed by atoms with Gasteiger partial charge in [0.1, 0.15) is 5.82 Å². The molecule has 0 spiro atoms. The fourth-order valence-electron chi connectivity index (χ4n) is 2.26. The summed E-state index contributed by atoms with van der Waals surface area (Å²) in [5, 5.41) is 0.221. The zero-order chi connectivity index (χ0) is 15.1. The Bertz CT molecular complexity index is 827. The number of rotatable bonds is 2. The van der Waals surface area contributed by atoms with Crippen molar-refractivity contribution in [2.45, 2.75) is 12.3 Å². The molecule has 0 saturated heterocycles. The molecule has 3 rings (SSSR count). The van der Waals surface area contributed by atoms with E-state index in [9.17, 15) is 4.39 Å². The molecule has 21 heavy (non-hydrogen) atoms. The smallest absolute Gasteiger partial charge is 0.165 e. The van der Waals surface area contributed by atoms with E-state index < -0.39 is 11.2 Å². The molecule has 3 aromatic rings. The molecule has 0 bridgehead atoms. The average molecular weight is 344 g/mol. The van der Waals surface area contributed by atoms with Gasteiger partial charge in [0.2, 0.25) is 0 Å². The molecule has 0 N–H and O–H groups in total. The van der Waals surface area contributed by atoms with Gasteiger partial charge < -0.3 is 0 Å². The molecular formula is C15H10Cl3FN2. The van der Waals surface area contributed by atoms with E-state index in [4.69, 9.17) is 34.8 Å². The number of hydrogen-bond donors (Lipinski definition) is 0. The van der Waals surface area contributed by atoms with Crippen molar-refractivity contribution in [2.24, 2.45) is 0 Å². The van der Waals surface area contributed by atoms with Crippen molar-refractivity contribution in [3.8, 4) is 5.69 Å². The topological polar surface area (TPSA) is 17.8 Å². The number of nitrogens with zero attached hydrogens (tertiary/aromatic N) is 2. The highest BCUT2D eigenvalue weighted by Gasteiger charge is 2.19. The Balaban J connectivity index is 2.39. The second-order valence-corrected chi connectivity index (χ2v) is 6.13. The summed E-state index contributed by atoms with van der Waals surface area (Å²) in [6.07, 6.45) is 0. The summed E-state index contributed by atoms with van der Waals surface area (Å²) in [6.45, 7) is 1.78. The third-order valence-corrected chi connectivity index (χ3v) is 3.89. The lowest BCUT2D eigenvalue weighted by atomic mass is 10.2. The summed E-state index contributed by atoms with van der Waals surface area (Å²) in [5.74, 6) is 0.0297. The number of alkyl halides is 1. The van der Waals surface area contributed by atoms with Gasteiger partial charge in [0, 0.05) is 5.02 Å². The van der Waals surface area contributed by atoms with Crippen LogP contribution in [0.15, 0.2) is 36.4 Å². The van der Waals surface area contributed by atoms with E-state index in [0.717, 1.165) is 5.52 Å². The van der Waals surface area contributed by atoms with Gasteiger partial charge >= 0.3 is 0 Å². The van der Waals surface area contributed by atoms with Crippen molar-refractivity contribution in [1.29, 1.82) is 0 Å². The van der Waals surface area contributed by atoms with Gasteiger partial charge in [-0.1, -0.05) is 29.3 Å². The van der Waals surface area contributed by atoms with E-state index in [1.165, 1.54) is 6.07 Å². The predicted molar refractivity (Wildman–Crippen MR) is 85.3 cm³/mol. The molecule has 1 atom stereocenters. The molecule has 108 valence electrons. The maximum Gasteiger partial charge on any atom is 0.165 e. The van der Waals surface area contributed by atoms with Crippen molar-refractivity contribution in [2.75, 3.05) is 0 Å². The van der Waals surface area contributed by atoms with Crippen LogP contribution in [0.25, 0.3) is 16.7 Å². The van der Waals surface area contributed by atoms with Crippen molar-refractivity contribution in [1.82, 2.24) is 9.55 Å². The Labute approximate surface area is 136 Å². The van der Waals surface area contributed by atoms with Crippen LogP contribution in [0.2, 0.25) is 10.0 Å². The molecule has 1 aromatic heterocycles. The molecule has 0 aliphatic rings. The minimum atomic E-state index is -0.507. The second-order valence-electron chi connectivity index (χ2n) is 4.63. The van der Waals surface area contributed by atoms with E-state index in [1.807, 2.05) is 0 Å². The summed E-state index contributed by atoms with van der Waals surface area (Å²) in [4.78, 5) is 4.46. The first-order chi connectivity index (χ1) is 9.99. The van der Waals surface area contributed by atoms with Crippen LogP contribution in [0.1, 0.15) is 18.1 Å². The second kappa shape index (κ2) is 5.48. The normalized spacial score (nSPS) is 12.8. The maximum absolute atomic E-state index is 14.4. The highest BCUT2D eigenvalue weighted by atomic mass is 35.5. The Hall–Kier alpha value is -1.29. The Morgan fingerprint density at radius 1 is 1.19 bits per heavy atom. The Kier molecular flexibility index (Phi) is 3.82.